The van der Waals surface area contributed by atoms with Crippen molar-refractivity contribution in [2.45, 2.75) is 59.5 Å². The summed E-state index contributed by atoms with van der Waals surface area (Å²) in [7, 11) is 5.54. The van der Waals surface area contributed by atoms with Gasteiger partial charge in [-0.1, -0.05) is 20.3 Å². The Balaban J connectivity index is 2.16. The maximum atomic E-state index is 14.0. The van der Waals surface area contributed by atoms with Gasteiger partial charge >= 0.3 is 0 Å². The van der Waals surface area contributed by atoms with Gasteiger partial charge in [0.2, 0.25) is 0 Å². The summed E-state index contributed by atoms with van der Waals surface area (Å²) in [6.07, 6.45) is 6.40. The van der Waals surface area contributed by atoms with E-state index in [-0.39, 0.29) is 5.56 Å². The maximum absolute atomic E-state index is 14.0. The van der Waals surface area contributed by atoms with Crippen molar-refractivity contribution >= 4 is 18.5 Å². The Hall–Kier alpha value is -1.04. The molecule has 0 saturated heterocycles. The Labute approximate surface area is 179 Å². The van der Waals surface area contributed by atoms with Crippen LogP contribution in [0.1, 0.15) is 56.2 Å². The fraction of sp³-hybridized carbons (Fsp3) is 0.500. The summed E-state index contributed by atoms with van der Waals surface area (Å²) in [4.78, 5) is 0. The maximum Gasteiger partial charge on any atom is 0.129 e. The number of benzene rings is 2. The van der Waals surface area contributed by atoms with Gasteiger partial charge in [0.15, 0.2) is 0 Å². The van der Waals surface area contributed by atoms with E-state index in [1.807, 2.05) is 19.1 Å². The van der Waals surface area contributed by atoms with Crippen LogP contribution in [-0.2, 0) is 6.16 Å². The van der Waals surface area contributed by atoms with E-state index in [2.05, 4.69) is 32.3 Å². The van der Waals surface area contributed by atoms with Crippen molar-refractivity contribution in [1.82, 2.24) is 0 Å². The molecular formula is C24H34F2OP2. The molecule has 2 aromatic carbocycles. The number of halogens is 2. The molecule has 1 nitrogen and oxygen atoms in total. The minimum absolute atomic E-state index is 0.0540. The summed E-state index contributed by atoms with van der Waals surface area (Å²) in [6.45, 7) is 8.69. The van der Waals surface area contributed by atoms with Crippen LogP contribution in [-0.4, -0.2) is 12.8 Å². The van der Waals surface area contributed by atoms with Crippen LogP contribution in [0.3, 0.4) is 0 Å². The summed E-state index contributed by atoms with van der Waals surface area (Å²) in [5, 5.41) is 0. The SMILES string of the molecule is CCC(C)(CCP)CCCOc1cc(C)c(-c2cc(F)c(C)c(F)c2)cc1CP. The zero-order valence-corrected chi connectivity index (χ0v) is 20.4. The molecule has 0 radical (unpaired) electrons. The van der Waals surface area contributed by atoms with Crippen molar-refractivity contribution in [3.8, 4) is 16.9 Å². The first-order valence-electron chi connectivity index (χ1n) is 10.4. The Morgan fingerprint density at radius 2 is 1.66 bits per heavy atom. The van der Waals surface area contributed by atoms with E-state index in [9.17, 15) is 8.78 Å². The van der Waals surface area contributed by atoms with Crippen molar-refractivity contribution in [1.29, 1.82) is 0 Å². The van der Waals surface area contributed by atoms with E-state index >= 15 is 0 Å². The molecule has 2 rings (SSSR count). The molecule has 0 heterocycles. The van der Waals surface area contributed by atoms with Gasteiger partial charge in [-0.05, 0) is 97.4 Å². The molecule has 0 bridgehead atoms. The normalized spacial score (nSPS) is 13.4. The van der Waals surface area contributed by atoms with Gasteiger partial charge in [-0.3, -0.25) is 0 Å². The van der Waals surface area contributed by atoms with E-state index in [1.54, 1.807) is 0 Å². The molecule has 2 aromatic rings. The van der Waals surface area contributed by atoms with Crippen LogP contribution < -0.4 is 4.74 Å². The zero-order chi connectivity index (χ0) is 21.6. The standard InChI is InChI=1S/C24H34F2OP2/c1-5-24(4,8-10-28)7-6-9-27-23-11-16(2)20(12-19(23)15-29)18-13-21(25)17(3)22(26)14-18/h11-14H,5-10,15,28-29H2,1-4H3. The second-order valence-corrected chi connectivity index (χ2v) is 9.18. The molecule has 0 aliphatic heterocycles. The quantitative estimate of drug-likeness (QED) is 0.276. The summed E-state index contributed by atoms with van der Waals surface area (Å²) < 4.78 is 34.2. The van der Waals surface area contributed by atoms with Crippen LogP contribution in [0.5, 0.6) is 5.75 Å². The predicted molar refractivity (Wildman–Crippen MR) is 127 cm³/mol. The van der Waals surface area contributed by atoms with E-state index in [0.717, 1.165) is 47.6 Å². The minimum Gasteiger partial charge on any atom is -0.493 e. The van der Waals surface area contributed by atoms with Gasteiger partial charge in [-0.15, -0.1) is 18.5 Å². The Kier molecular flexibility index (Phi) is 9.05. The molecule has 0 aliphatic carbocycles. The van der Waals surface area contributed by atoms with Crippen molar-refractivity contribution in [3.05, 3.63) is 52.6 Å². The highest BCUT2D eigenvalue weighted by atomic mass is 31.0. The second kappa shape index (κ2) is 10.8. The van der Waals surface area contributed by atoms with Crippen molar-refractivity contribution in [2.24, 2.45) is 5.41 Å². The fourth-order valence-electron chi connectivity index (χ4n) is 3.64. The molecule has 0 aliphatic rings. The number of rotatable bonds is 10. The van der Waals surface area contributed by atoms with E-state index < -0.39 is 11.6 Å². The smallest absolute Gasteiger partial charge is 0.129 e. The van der Waals surface area contributed by atoms with Gasteiger partial charge in [0.1, 0.15) is 17.4 Å². The highest BCUT2D eigenvalue weighted by Crippen LogP contribution is 2.35. The van der Waals surface area contributed by atoms with E-state index in [4.69, 9.17) is 4.74 Å². The fourth-order valence-corrected chi connectivity index (χ4v) is 4.66. The average molecular weight is 438 g/mol. The largest absolute Gasteiger partial charge is 0.493 e. The van der Waals surface area contributed by atoms with Gasteiger partial charge in [-0.25, -0.2) is 8.78 Å². The van der Waals surface area contributed by atoms with Crippen LogP contribution in [0.4, 0.5) is 8.78 Å². The molecule has 3 atom stereocenters. The molecule has 0 aromatic heterocycles. The number of hydrogen-bond acceptors (Lipinski definition) is 1. The molecule has 5 heteroatoms. The van der Waals surface area contributed by atoms with Gasteiger partial charge in [-0.2, -0.15) is 0 Å². The van der Waals surface area contributed by atoms with Gasteiger partial charge in [0.25, 0.3) is 0 Å². The van der Waals surface area contributed by atoms with Crippen molar-refractivity contribution in [3.63, 3.8) is 0 Å². The second-order valence-electron chi connectivity index (χ2n) is 8.20. The zero-order valence-electron chi connectivity index (χ0n) is 18.1. The summed E-state index contributed by atoms with van der Waals surface area (Å²) in [5.41, 5.74) is 3.80. The Bertz CT molecular complexity index is 815. The van der Waals surface area contributed by atoms with Crippen LogP contribution in [0, 0.1) is 30.9 Å². The Morgan fingerprint density at radius 1 is 1.00 bits per heavy atom. The number of hydrogen-bond donors (Lipinski definition) is 0. The lowest BCUT2D eigenvalue weighted by molar-refractivity contribution is 0.228. The summed E-state index contributed by atoms with van der Waals surface area (Å²) in [6, 6.07) is 6.80. The summed E-state index contributed by atoms with van der Waals surface area (Å²) in [5.74, 6) is -0.174. The first kappa shape index (κ1) is 24.2. The minimum atomic E-state index is -0.517. The lowest BCUT2D eigenvalue weighted by Crippen LogP contribution is -2.17. The molecule has 29 heavy (non-hydrogen) atoms. The number of ether oxygens (including phenoxy) is 1. The summed E-state index contributed by atoms with van der Waals surface area (Å²) >= 11 is 0. The van der Waals surface area contributed by atoms with Gasteiger partial charge in [0.05, 0.1) is 6.61 Å². The number of aryl methyl sites for hydroxylation is 1. The topological polar surface area (TPSA) is 9.23 Å². The third-order valence-electron chi connectivity index (χ3n) is 6.00. The first-order valence-corrected chi connectivity index (χ1v) is 12.0. The van der Waals surface area contributed by atoms with Crippen LogP contribution >= 0.6 is 18.5 Å². The molecule has 160 valence electrons. The highest BCUT2D eigenvalue weighted by molar-refractivity contribution is 7.16. The molecular weight excluding hydrogens is 404 g/mol. The first-order chi connectivity index (χ1) is 13.7. The van der Waals surface area contributed by atoms with E-state index in [1.165, 1.54) is 31.9 Å². The van der Waals surface area contributed by atoms with Crippen LogP contribution in [0.2, 0.25) is 0 Å². The predicted octanol–water partition coefficient (Wildman–Crippen LogP) is 7.46. The molecule has 0 saturated carbocycles. The molecule has 3 unspecified atom stereocenters. The third-order valence-corrected chi connectivity index (χ3v) is 6.73. The molecule has 0 N–H and O–H groups in total. The van der Waals surface area contributed by atoms with Gasteiger partial charge < -0.3 is 4.74 Å². The molecule has 0 amide bonds. The van der Waals surface area contributed by atoms with Crippen LogP contribution in [0.15, 0.2) is 24.3 Å². The monoisotopic (exact) mass is 438 g/mol. The average Bonchev–Trinajstić information content (AvgIpc) is 2.69. The lowest BCUT2D eigenvalue weighted by Gasteiger charge is -2.27. The highest BCUT2D eigenvalue weighted by Gasteiger charge is 2.20. The molecule has 0 spiro atoms. The van der Waals surface area contributed by atoms with E-state index in [0.29, 0.717) is 17.6 Å². The van der Waals surface area contributed by atoms with Crippen LogP contribution in [0.25, 0.3) is 11.1 Å². The van der Waals surface area contributed by atoms with Gasteiger partial charge in [0, 0.05) is 5.56 Å². The van der Waals surface area contributed by atoms with Crippen molar-refractivity contribution in [2.75, 3.05) is 12.8 Å². The Morgan fingerprint density at radius 3 is 2.21 bits per heavy atom. The third kappa shape index (κ3) is 6.22. The van der Waals surface area contributed by atoms with Crippen molar-refractivity contribution < 1.29 is 13.5 Å². The molecule has 0 fully saturated rings. The lowest BCUT2D eigenvalue weighted by atomic mass is 9.80.